The Bertz CT molecular complexity index is 1370. The average molecular weight is 408 g/mol. The molecule has 0 aliphatic carbocycles. The molecule has 0 spiro atoms. The lowest BCUT2D eigenvalue weighted by atomic mass is 10.0. The lowest BCUT2D eigenvalue weighted by molar-refractivity contribution is -0.110. The molecule has 1 amide bonds. The summed E-state index contributed by atoms with van der Waals surface area (Å²) in [6.07, 6.45) is 0. The molecule has 5 rings (SSSR count). The Morgan fingerprint density at radius 2 is 2.00 bits per heavy atom. The molecule has 0 fully saturated rings. The van der Waals surface area contributed by atoms with E-state index >= 15 is 0 Å². The second kappa shape index (κ2) is 6.38. The van der Waals surface area contributed by atoms with Gasteiger partial charge < -0.3 is 10.2 Å². The molecule has 0 atom stereocenters. The van der Waals surface area contributed by atoms with Gasteiger partial charge in [-0.25, -0.2) is 9.38 Å². The highest BCUT2D eigenvalue weighted by molar-refractivity contribution is 7.07. The van der Waals surface area contributed by atoms with E-state index in [9.17, 15) is 14.0 Å². The van der Waals surface area contributed by atoms with Crippen LogP contribution in [0.4, 0.5) is 15.8 Å². The predicted octanol–water partition coefficient (Wildman–Crippen LogP) is 1.87. The van der Waals surface area contributed by atoms with Gasteiger partial charge in [-0.05, 0) is 43.7 Å². The highest BCUT2D eigenvalue weighted by Crippen LogP contribution is 2.33. The molecule has 3 aromatic rings. The Morgan fingerprint density at radius 3 is 2.79 bits per heavy atom. The second-order valence-electron chi connectivity index (χ2n) is 7.24. The first-order valence-corrected chi connectivity index (χ1v) is 9.96. The summed E-state index contributed by atoms with van der Waals surface area (Å²) in [4.78, 5) is 32.8. The molecule has 0 saturated heterocycles. The molecule has 0 unspecified atom stereocenters. The van der Waals surface area contributed by atoms with Gasteiger partial charge in [0.15, 0.2) is 4.80 Å². The van der Waals surface area contributed by atoms with E-state index in [1.165, 1.54) is 28.0 Å². The fourth-order valence-electron chi connectivity index (χ4n) is 3.85. The molecule has 2 aromatic carbocycles. The average Bonchev–Trinajstić information content (AvgIpc) is 3.18. The monoisotopic (exact) mass is 408 g/mol. The minimum absolute atomic E-state index is 0.256. The van der Waals surface area contributed by atoms with Crippen molar-refractivity contribution in [2.24, 2.45) is 4.99 Å². The van der Waals surface area contributed by atoms with Crippen molar-refractivity contribution in [2.75, 3.05) is 16.9 Å². The van der Waals surface area contributed by atoms with Crippen LogP contribution in [0.15, 0.2) is 46.2 Å². The quantitative estimate of drug-likeness (QED) is 0.669. The molecule has 146 valence electrons. The topological polar surface area (TPSA) is 66.7 Å². The van der Waals surface area contributed by atoms with Crippen LogP contribution in [-0.4, -0.2) is 17.1 Å². The number of rotatable bonds is 1. The number of thiazole rings is 1. The fourth-order valence-corrected chi connectivity index (χ4v) is 4.91. The van der Waals surface area contributed by atoms with Crippen LogP contribution in [-0.2, 0) is 11.5 Å². The van der Waals surface area contributed by atoms with Gasteiger partial charge in [-0.15, -0.1) is 0 Å². The Labute approximate surface area is 169 Å². The number of fused-ring (bicyclic) bond motifs is 2. The van der Waals surface area contributed by atoms with Gasteiger partial charge in [0.25, 0.3) is 11.5 Å². The van der Waals surface area contributed by atoms with Crippen LogP contribution in [0.2, 0.25) is 0 Å². The molecule has 2 aliphatic heterocycles. The standard InChI is InChI=1S/C21H17FN4O2S/c1-11-6-12(2)17-15(7-11)16(19(27)24-17)18-20(28)26-10-25(9-23-21(26)29-18)14-5-3-4-13(22)8-14/h3-8H,9-10H2,1-2H3,(H,24,27). The third-order valence-corrected chi connectivity index (χ3v) is 6.28. The summed E-state index contributed by atoms with van der Waals surface area (Å²) in [5, 5.41) is 2.89. The number of anilines is 2. The Kier molecular flexibility index (Phi) is 3.92. The molecule has 3 heterocycles. The van der Waals surface area contributed by atoms with E-state index in [-0.39, 0.29) is 24.0 Å². The van der Waals surface area contributed by atoms with Crippen LogP contribution in [0.25, 0.3) is 5.57 Å². The van der Waals surface area contributed by atoms with E-state index < -0.39 is 0 Å². The van der Waals surface area contributed by atoms with Crippen molar-refractivity contribution in [1.82, 2.24) is 4.57 Å². The van der Waals surface area contributed by atoms with Crippen molar-refractivity contribution < 1.29 is 9.18 Å². The first-order chi connectivity index (χ1) is 13.9. The summed E-state index contributed by atoms with van der Waals surface area (Å²) in [7, 11) is 0. The SMILES string of the molecule is Cc1cc(C)c2c(c1)C(=c1sc3n(c1=O)CN(c1cccc(F)c1)CN=3)C(=O)N2. The van der Waals surface area contributed by atoms with Crippen molar-refractivity contribution in [3.63, 3.8) is 0 Å². The van der Waals surface area contributed by atoms with E-state index in [0.29, 0.717) is 27.3 Å². The largest absolute Gasteiger partial charge is 0.333 e. The van der Waals surface area contributed by atoms with Crippen LogP contribution in [0.1, 0.15) is 16.7 Å². The van der Waals surface area contributed by atoms with Crippen molar-refractivity contribution in [3.05, 3.63) is 78.6 Å². The number of carbonyl (C=O) groups excluding carboxylic acids is 1. The zero-order valence-corrected chi connectivity index (χ0v) is 16.6. The van der Waals surface area contributed by atoms with Crippen molar-refractivity contribution in [2.45, 2.75) is 20.5 Å². The molecule has 8 heteroatoms. The minimum atomic E-state index is -0.341. The Balaban J connectivity index is 1.67. The third-order valence-electron chi connectivity index (χ3n) is 5.17. The zero-order chi connectivity index (χ0) is 20.3. The summed E-state index contributed by atoms with van der Waals surface area (Å²) in [5.74, 6) is -0.612. The molecule has 0 bridgehead atoms. The van der Waals surface area contributed by atoms with E-state index in [1.54, 1.807) is 12.1 Å². The van der Waals surface area contributed by atoms with Crippen molar-refractivity contribution in [1.29, 1.82) is 0 Å². The van der Waals surface area contributed by atoms with Crippen LogP contribution in [0, 0.1) is 19.7 Å². The first kappa shape index (κ1) is 17.8. The van der Waals surface area contributed by atoms with Gasteiger partial charge in [0.1, 0.15) is 23.7 Å². The number of amides is 1. The van der Waals surface area contributed by atoms with Gasteiger partial charge in [0.05, 0.1) is 11.3 Å². The van der Waals surface area contributed by atoms with Crippen LogP contribution < -0.4 is 25.1 Å². The predicted molar refractivity (Wildman–Crippen MR) is 110 cm³/mol. The summed E-state index contributed by atoms with van der Waals surface area (Å²) in [6.45, 7) is 4.48. The number of nitrogens with zero attached hydrogens (tertiary/aromatic N) is 3. The normalized spacial score (nSPS) is 16.9. The molecular weight excluding hydrogens is 391 g/mol. The lowest BCUT2D eigenvalue weighted by Gasteiger charge is -2.25. The summed E-state index contributed by atoms with van der Waals surface area (Å²) >= 11 is 1.22. The maximum absolute atomic E-state index is 13.6. The summed E-state index contributed by atoms with van der Waals surface area (Å²) < 4.78 is 15.5. The fraction of sp³-hybridized carbons (Fsp3) is 0.190. The number of nitrogens with one attached hydrogen (secondary N) is 1. The van der Waals surface area contributed by atoms with Gasteiger partial charge in [0, 0.05) is 11.3 Å². The highest BCUT2D eigenvalue weighted by atomic mass is 32.1. The summed E-state index contributed by atoms with van der Waals surface area (Å²) in [5.41, 5.74) is 4.30. The molecule has 1 aromatic heterocycles. The Morgan fingerprint density at radius 1 is 1.17 bits per heavy atom. The second-order valence-corrected chi connectivity index (χ2v) is 8.22. The van der Waals surface area contributed by atoms with Gasteiger partial charge in [-0.2, -0.15) is 0 Å². The lowest BCUT2D eigenvalue weighted by Crippen LogP contribution is -2.43. The third kappa shape index (κ3) is 2.79. The number of hydrogen-bond acceptors (Lipinski definition) is 5. The van der Waals surface area contributed by atoms with Gasteiger partial charge in [0.2, 0.25) is 0 Å². The maximum atomic E-state index is 13.6. The molecular formula is C21H17FN4O2S. The number of aromatic nitrogens is 1. The number of hydrogen-bond donors (Lipinski definition) is 1. The molecule has 0 radical (unpaired) electrons. The number of aryl methyl sites for hydroxylation is 2. The van der Waals surface area contributed by atoms with E-state index in [4.69, 9.17) is 0 Å². The van der Waals surface area contributed by atoms with Gasteiger partial charge in [-0.1, -0.05) is 29.0 Å². The molecule has 2 aliphatic rings. The number of halogens is 1. The number of carbonyl (C=O) groups is 1. The van der Waals surface area contributed by atoms with E-state index in [1.807, 2.05) is 30.9 Å². The minimum Gasteiger partial charge on any atom is -0.333 e. The van der Waals surface area contributed by atoms with Crippen molar-refractivity contribution in [3.8, 4) is 0 Å². The van der Waals surface area contributed by atoms with E-state index in [0.717, 1.165) is 22.4 Å². The first-order valence-electron chi connectivity index (χ1n) is 9.14. The molecule has 6 nitrogen and oxygen atoms in total. The Hall–Kier alpha value is -3.26. The maximum Gasteiger partial charge on any atom is 0.272 e. The molecule has 1 N–H and O–H groups in total. The van der Waals surface area contributed by atoms with Crippen molar-refractivity contribution >= 4 is 34.2 Å². The van der Waals surface area contributed by atoms with Crippen LogP contribution in [0.3, 0.4) is 0 Å². The molecule has 0 saturated carbocycles. The smallest absolute Gasteiger partial charge is 0.272 e. The van der Waals surface area contributed by atoms with Crippen LogP contribution >= 0.6 is 11.3 Å². The van der Waals surface area contributed by atoms with Gasteiger partial charge in [-0.3, -0.25) is 14.2 Å². The number of benzene rings is 2. The summed E-state index contributed by atoms with van der Waals surface area (Å²) in [6, 6.07) is 10.1. The van der Waals surface area contributed by atoms with E-state index in [2.05, 4.69) is 10.3 Å². The van der Waals surface area contributed by atoms with Crippen LogP contribution in [0.5, 0.6) is 0 Å². The highest BCUT2D eigenvalue weighted by Gasteiger charge is 2.29. The zero-order valence-electron chi connectivity index (χ0n) is 15.8. The molecule has 29 heavy (non-hydrogen) atoms. The van der Waals surface area contributed by atoms with Gasteiger partial charge >= 0.3 is 0 Å².